The van der Waals surface area contributed by atoms with Crippen molar-refractivity contribution in [3.63, 3.8) is 0 Å². The molecule has 0 unspecified atom stereocenters. The summed E-state index contributed by atoms with van der Waals surface area (Å²) in [6, 6.07) is 3.67. The average Bonchev–Trinajstić information content (AvgIpc) is 2.47. The van der Waals surface area contributed by atoms with Crippen LogP contribution < -0.4 is 5.73 Å². The third-order valence-electron chi connectivity index (χ3n) is 2.39. The molecule has 0 spiro atoms. The molecule has 0 bridgehead atoms. The minimum atomic E-state index is -0.00576. The van der Waals surface area contributed by atoms with E-state index in [0.717, 1.165) is 11.0 Å². The summed E-state index contributed by atoms with van der Waals surface area (Å²) in [6.07, 6.45) is 1.82. The summed E-state index contributed by atoms with van der Waals surface area (Å²) in [5.41, 5.74) is 8.19. The molecule has 0 atom stereocenters. The van der Waals surface area contributed by atoms with Crippen LogP contribution in [0.5, 0.6) is 0 Å². The number of nitrogens with two attached hydrogens (primary N) is 1. The van der Waals surface area contributed by atoms with Crippen molar-refractivity contribution in [1.82, 2.24) is 9.55 Å². The minimum Gasteiger partial charge on any atom is -0.397 e. The number of imidazole rings is 1. The van der Waals surface area contributed by atoms with Crippen molar-refractivity contribution in [2.75, 3.05) is 5.73 Å². The molecule has 0 aliphatic heterocycles. The van der Waals surface area contributed by atoms with Crippen molar-refractivity contribution < 1.29 is 0 Å². The normalized spacial score (nSPS) is 12.3. The van der Waals surface area contributed by atoms with Crippen molar-refractivity contribution in [2.24, 2.45) is 0 Å². The number of rotatable bonds is 0. The molecule has 1 heterocycles. The molecule has 3 nitrogen and oxygen atoms in total. The molecule has 15 heavy (non-hydrogen) atoms. The number of aromatic nitrogens is 2. The van der Waals surface area contributed by atoms with Gasteiger partial charge in [0.05, 0.1) is 28.1 Å². The molecule has 0 saturated carbocycles. The Labute approximate surface area is 93.9 Å². The van der Waals surface area contributed by atoms with E-state index in [1.807, 2.05) is 12.4 Å². The molecular weight excluding hydrogens is 210 g/mol. The maximum absolute atomic E-state index is 6.00. The Morgan fingerprint density at radius 1 is 1.33 bits per heavy atom. The van der Waals surface area contributed by atoms with Crippen LogP contribution in [0.4, 0.5) is 5.69 Å². The highest BCUT2D eigenvalue weighted by molar-refractivity contribution is 6.33. The molecule has 1 aromatic heterocycles. The fraction of sp³-hybridized carbons (Fsp3) is 0.364. The number of nitrogen functional groups attached to an aromatic ring is 1. The second kappa shape index (κ2) is 3.14. The van der Waals surface area contributed by atoms with Gasteiger partial charge in [-0.15, -0.1) is 0 Å². The van der Waals surface area contributed by atoms with Crippen LogP contribution in [0.2, 0.25) is 5.02 Å². The van der Waals surface area contributed by atoms with Crippen molar-refractivity contribution in [3.05, 3.63) is 23.5 Å². The first-order chi connectivity index (χ1) is 6.89. The predicted octanol–water partition coefficient (Wildman–Crippen LogP) is 3.03. The fourth-order valence-electron chi connectivity index (χ4n) is 1.58. The summed E-state index contributed by atoms with van der Waals surface area (Å²) >= 11 is 6.00. The van der Waals surface area contributed by atoms with Gasteiger partial charge in [-0.3, -0.25) is 0 Å². The van der Waals surface area contributed by atoms with Crippen LogP contribution in [0.15, 0.2) is 18.5 Å². The van der Waals surface area contributed by atoms with Gasteiger partial charge in [-0.25, -0.2) is 4.98 Å². The number of benzene rings is 1. The molecule has 0 aliphatic carbocycles. The standard InChI is InChI=1S/C11H14ClN3/c1-11(2,3)15-6-14-9-5-8(13)7(12)4-10(9)15/h4-6H,13H2,1-3H3. The number of hydrogen-bond acceptors (Lipinski definition) is 2. The van der Waals surface area contributed by atoms with E-state index in [-0.39, 0.29) is 5.54 Å². The van der Waals surface area contributed by atoms with Crippen LogP contribution in [0, 0.1) is 0 Å². The Morgan fingerprint density at radius 3 is 2.60 bits per heavy atom. The zero-order valence-corrected chi connectivity index (χ0v) is 9.84. The third kappa shape index (κ3) is 1.67. The van der Waals surface area contributed by atoms with E-state index in [0.29, 0.717) is 10.7 Å². The van der Waals surface area contributed by atoms with Gasteiger partial charge in [-0.2, -0.15) is 0 Å². The Balaban J connectivity index is 2.75. The molecule has 0 amide bonds. The monoisotopic (exact) mass is 223 g/mol. The highest BCUT2D eigenvalue weighted by Gasteiger charge is 2.16. The quantitative estimate of drug-likeness (QED) is 0.698. The smallest absolute Gasteiger partial charge is 0.0963 e. The Bertz CT molecular complexity index is 508. The lowest BCUT2D eigenvalue weighted by Crippen LogP contribution is -2.20. The second-order valence-electron chi connectivity index (χ2n) is 4.65. The lowest BCUT2D eigenvalue weighted by Gasteiger charge is -2.21. The van der Waals surface area contributed by atoms with E-state index >= 15 is 0 Å². The van der Waals surface area contributed by atoms with Crippen LogP contribution in [-0.4, -0.2) is 9.55 Å². The number of halogens is 1. The van der Waals surface area contributed by atoms with Crippen molar-refractivity contribution in [1.29, 1.82) is 0 Å². The Morgan fingerprint density at radius 2 is 2.00 bits per heavy atom. The van der Waals surface area contributed by atoms with Gasteiger partial charge in [0.1, 0.15) is 0 Å². The topological polar surface area (TPSA) is 43.8 Å². The third-order valence-corrected chi connectivity index (χ3v) is 2.72. The van der Waals surface area contributed by atoms with Gasteiger partial charge >= 0.3 is 0 Å². The summed E-state index contributed by atoms with van der Waals surface area (Å²) in [4.78, 5) is 4.31. The average molecular weight is 224 g/mol. The zero-order chi connectivity index (χ0) is 11.2. The van der Waals surface area contributed by atoms with Crippen LogP contribution in [0.25, 0.3) is 11.0 Å². The van der Waals surface area contributed by atoms with E-state index in [2.05, 4.69) is 30.3 Å². The van der Waals surface area contributed by atoms with E-state index in [1.54, 1.807) is 6.07 Å². The fourth-order valence-corrected chi connectivity index (χ4v) is 1.74. The molecule has 0 fully saturated rings. The number of nitrogens with zero attached hydrogens (tertiary/aromatic N) is 2. The van der Waals surface area contributed by atoms with Crippen molar-refractivity contribution in [3.8, 4) is 0 Å². The van der Waals surface area contributed by atoms with Crippen LogP contribution >= 0.6 is 11.6 Å². The number of fused-ring (bicyclic) bond motifs is 1. The molecule has 80 valence electrons. The minimum absolute atomic E-state index is 0.00576. The molecular formula is C11H14ClN3. The summed E-state index contributed by atoms with van der Waals surface area (Å²) in [5, 5.41) is 0.577. The van der Waals surface area contributed by atoms with E-state index in [4.69, 9.17) is 17.3 Å². The van der Waals surface area contributed by atoms with Crippen LogP contribution in [0.3, 0.4) is 0 Å². The molecule has 2 rings (SSSR count). The van der Waals surface area contributed by atoms with Crippen molar-refractivity contribution >= 4 is 28.3 Å². The Hall–Kier alpha value is -1.22. The summed E-state index contributed by atoms with van der Waals surface area (Å²) in [7, 11) is 0. The van der Waals surface area contributed by atoms with Gasteiger partial charge < -0.3 is 10.3 Å². The zero-order valence-electron chi connectivity index (χ0n) is 9.08. The Kier molecular flexibility index (Phi) is 2.15. The van der Waals surface area contributed by atoms with E-state index in [9.17, 15) is 0 Å². The van der Waals surface area contributed by atoms with Gasteiger partial charge in [0, 0.05) is 5.54 Å². The van der Waals surface area contributed by atoms with Gasteiger partial charge in [0.2, 0.25) is 0 Å². The molecule has 0 radical (unpaired) electrons. The van der Waals surface area contributed by atoms with Crippen LogP contribution in [0.1, 0.15) is 20.8 Å². The molecule has 2 N–H and O–H groups in total. The van der Waals surface area contributed by atoms with Crippen molar-refractivity contribution in [2.45, 2.75) is 26.3 Å². The number of hydrogen-bond donors (Lipinski definition) is 1. The predicted molar refractivity (Wildman–Crippen MR) is 64.2 cm³/mol. The lowest BCUT2D eigenvalue weighted by molar-refractivity contribution is 0.408. The summed E-state index contributed by atoms with van der Waals surface area (Å²) in [5.74, 6) is 0. The lowest BCUT2D eigenvalue weighted by atomic mass is 10.1. The molecule has 2 aromatic rings. The molecule has 0 saturated heterocycles. The maximum Gasteiger partial charge on any atom is 0.0963 e. The molecule has 4 heteroatoms. The maximum atomic E-state index is 6.00. The summed E-state index contributed by atoms with van der Waals surface area (Å²) in [6.45, 7) is 6.37. The first-order valence-electron chi connectivity index (χ1n) is 4.82. The van der Waals surface area contributed by atoms with Crippen LogP contribution in [-0.2, 0) is 5.54 Å². The number of anilines is 1. The van der Waals surface area contributed by atoms with Gasteiger partial charge in [0.25, 0.3) is 0 Å². The highest BCUT2D eigenvalue weighted by Crippen LogP contribution is 2.28. The second-order valence-corrected chi connectivity index (χ2v) is 5.06. The first kappa shape index (κ1) is 10.3. The molecule has 0 aliphatic rings. The first-order valence-corrected chi connectivity index (χ1v) is 5.20. The van der Waals surface area contributed by atoms with E-state index < -0.39 is 0 Å². The van der Waals surface area contributed by atoms with Gasteiger partial charge in [-0.05, 0) is 32.9 Å². The summed E-state index contributed by atoms with van der Waals surface area (Å²) < 4.78 is 2.09. The SMILES string of the molecule is CC(C)(C)n1cnc2cc(N)c(Cl)cc21. The highest BCUT2D eigenvalue weighted by atomic mass is 35.5. The largest absolute Gasteiger partial charge is 0.397 e. The van der Waals surface area contributed by atoms with Gasteiger partial charge in [-0.1, -0.05) is 11.6 Å². The van der Waals surface area contributed by atoms with E-state index in [1.165, 1.54) is 0 Å². The van der Waals surface area contributed by atoms with Gasteiger partial charge in [0.15, 0.2) is 0 Å². The molecule has 1 aromatic carbocycles.